The number of rotatable bonds is 5. The van der Waals surface area contributed by atoms with Crippen molar-refractivity contribution in [1.82, 2.24) is 14.5 Å². The molecule has 1 saturated carbocycles. The third-order valence-electron chi connectivity index (χ3n) is 6.27. The monoisotopic (exact) mass is 375 g/mol. The molecule has 2 aliphatic carbocycles. The van der Waals surface area contributed by atoms with Gasteiger partial charge in [-0.1, -0.05) is 19.3 Å². The molecule has 1 unspecified atom stereocenters. The summed E-state index contributed by atoms with van der Waals surface area (Å²) in [4.78, 5) is 22.3. The van der Waals surface area contributed by atoms with Crippen molar-refractivity contribution in [1.29, 1.82) is 0 Å². The SMILES string of the molecule is CN(CCO)C1CCc2c(sc3ncn(CC4CCCCC4)c(=O)c23)C1. The van der Waals surface area contributed by atoms with Gasteiger partial charge in [-0.25, -0.2) is 4.98 Å². The summed E-state index contributed by atoms with van der Waals surface area (Å²) >= 11 is 1.69. The Morgan fingerprint density at radius 3 is 2.88 bits per heavy atom. The summed E-state index contributed by atoms with van der Waals surface area (Å²) in [6, 6.07) is 0.451. The zero-order chi connectivity index (χ0) is 18.1. The van der Waals surface area contributed by atoms with Crippen LogP contribution in [0.25, 0.3) is 10.2 Å². The largest absolute Gasteiger partial charge is 0.395 e. The van der Waals surface area contributed by atoms with Crippen LogP contribution in [0.4, 0.5) is 0 Å². The van der Waals surface area contributed by atoms with E-state index < -0.39 is 0 Å². The molecule has 6 heteroatoms. The fourth-order valence-electron chi connectivity index (χ4n) is 4.68. The van der Waals surface area contributed by atoms with Gasteiger partial charge in [0.1, 0.15) is 4.83 Å². The van der Waals surface area contributed by atoms with Crippen molar-refractivity contribution in [3.05, 3.63) is 27.1 Å². The highest BCUT2D eigenvalue weighted by atomic mass is 32.1. The van der Waals surface area contributed by atoms with E-state index in [9.17, 15) is 9.90 Å². The van der Waals surface area contributed by atoms with Gasteiger partial charge in [0.2, 0.25) is 0 Å². The van der Waals surface area contributed by atoms with E-state index in [0.717, 1.165) is 36.0 Å². The van der Waals surface area contributed by atoms with Crippen LogP contribution in [0.3, 0.4) is 0 Å². The molecule has 0 radical (unpaired) electrons. The second kappa shape index (κ2) is 7.79. The number of aryl methyl sites for hydroxylation is 1. The molecular weight excluding hydrogens is 346 g/mol. The fraction of sp³-hybridized carbons (Fsp3) is 0.700. The van der Waals surface area contributed by atoms with Crippen LogP contribution in [0, 0.1) is 5.92 Å². The Kier molecular flexibility index (Phi) is 5.43. The van der Waals surface area contributed by atoms with Crippen LogP contribution in [-0.2, 0) is 19.4 Å². The lowest BCUT2D eigenvalue weighted by molar-refractivity contribution is 0.170. The summed E-state index contributed by atoms with van der Waals surface area (Å²) < 4.78 is 1.87. The number of aliphatic hydroxyl groups excluding tert-OH is 1. The number of thiophene rings is 1. The summed E-state index contributed by atoms with van der Waals surface area (Å²) in [5, 5.41) is 10.1. The number of fused-ring (bicyclic) bond motifs is 3. The highest BCUT2D eigenvalue weighted by molar-refractivity contribution is 7.18. The zero-order valence-electron chi connectivity index (χ0n) is 15.6. The van der Waals surface area contributed by atoms with Gasteiger partial charge in [-0.15, -0.1) is 11.3 Å². The van der Waals surface area contributed by atoms with E-state index in [2.05, 4.69) is 16.9 Å². The molecule has 2 aliphatic rings. The Hall–Kier alpha value is -1.24. The van der Waals surface area contributed by atoms with E-state index in [1.165, 1.54) is 42.5 Å². The zero-order valence-corrected chi connectivity index (χ0v) is 16.4. The average Bonchev–Trinajstić information content (AvgIpc) is 3.03. The molecule has 0 amide bonds. The first kappa shape index (κ1) is 18.1. The van der Waals surface area contributed by atoms with Gasteiger partial charge in [0.25, 0.3) is 5.56 Å². The topological polar surface area (TPSA) is 58.4 Å². The van der Waals surface area contributed by atoms with Gasteiger partial charge < -0.3 is 10.0 Å². The molecule has 0 aliphatic heterocycles. The van der Waals surface area contributed by atoms with Crippen LogP contribution in [0.1, 0.15) is 49.0 Å². The molecule has 1 N–H and O–H groups in total. The van der Waals surface area contributed by atoms with Crippen molar-refractivity contribution >= 4 is 21.6 Å². The van der Waals surface area contributed by atoms with E-state index in [1.54, 1.807) is 17.7 Å². The highest BCUT2D eigenvalue weighted by Gasteiger charge is 2.27. The molecule has 142 valence electrons. The Morgan fingerprint density at radius 1 is 1.31 bits per heavy atom. The maximum absolute atomic E-state index is 13.1. The second-order valence-electron chi connectivity index (χ2n) is 7.99. The van der Waals surface area contributed by atoms with Crippen molar-refractivity contribution in [2.24, 2.45) is 5.92 Å². The van der Waals surface area contributed by atoms with E-state index >= 15 is 0 Å². The first-order valence-corrected chi connectivity index (χ1v) is 10.8. The van der Waals surface area contributed by atoms with Crippen LogP contribution in [0.5, 0.6) is 0 Å². The molecule has 0 saturated heterocycles. The molecule has 0 bridgehead atoms. The van der Waals surface area contributed by atoms with E-state index in [4.69, 9.17) is 0 Å². The number of aliphatic hydroxyl groups is 1. The first-order chi connectivity index (χ1) is 12.7. The fourth-order valence-corrected chi connectivity index (χ4v) is 5.93. The standard InChI is InChI=1S/C20H29N3O2S/c1-22(9-10-24)15-7-8-16-17(11-15)26-19-18(16)20(25)23(13-21-19)12-14-5-3-2-4-6-14/h13-15,24H,2-12H2,1H3. The van der Waals surface area contributed by atoms with Crippen molar-refractivity contribution in [2.75, 3.05) is 20.2 Å². The molecular formula is C20H29N3O2S. The summed E-state index contributed by atoms with van der Waals surface area (Å²) in [5.41, 5.74) is 1.41. The Balaban J connectivity index is 1.61. The average molecular weight is 376 g/mol. The maximum Gasteiger partial charge on any atom is 0.262 e. The Bertz CT molecular complexity index is 822. The van der Waals surface area contributed by atoms with Gasteiger partial charge in [0.05, 0.1) is 18.3 Å². The van der Waals surface area contributed by atoms with Crippen molar-refractivity contribution < 1.29 is 5.11 Å². The molecule has 0 aromatic carbocycles. The minimum absolute atomic E-state index is 0.167. The van der Waals surface area contributed by atoms with Crippen LogP contribution in [-0.4, -0.2) is 45.8 Å². The Morgan fingerprint density at radius 2 is 2.12 bits per heavy atom. The number of aromatic nitrogens is 2. The highest BCUT2D eigenvalue weighted by Crippen LogP contribution is 2.35. The quantitative estimate of drug-likeness (QED) is 0.873. The molecule has 4 rings (SSSR count). The lowest BCUT2D eigenvalue weighted by Gasteiger charge is -2.30. The predicted molar refractivity (Wildman–Crippen MR) is 106 cm³/mol. The minimum Gasteiger partial charge on any atom is -0.395 e. The molecule has 26 heavy (non-hydrogen) atoms. The molecule has 2 aromatic rings. The third-order valence-corrected chi connectivity index (χ3v) is 7.43. The first-order valence-electron chi connectivity index (χ1n) is 9.98. The number of hydrogen-bond acceptors (Lipinski definition) is 5. The summed E-state index contributed by atoms with van der Waals surface area (Å²) in [7, 11) is 2.08. The van der Waals surface area contributed by atoms with Crippen LogP contribution in [0.15, 0.2) is 11.1 Å². The smallest absolute Gasteiger partial charge is 0.262 e. The van der Waals surface area contributed by atoms with Gasteiger partial charge in [0, 0.05) is 24.0 Å². The molecule has 0 spiro atoms. The normalized spacial score (nSPS) is 21.4. The minimum atomic E-state index is 0.167. The number of nitrogens with zero attached hydrogens (tertiary/aromatic N) is 3. The van der Waals surface area contributed by atoms with E-state index in [1.807, 2.05) is 4.57 Å². The number of hydrogen-bond donors (Lipinski definition) is 1. The van der Waals surface area contributed by atoms with Crippen molar-refractivity contribution in [3.8, 4) is 0 Å². The van der Waals surface area contributed by atoms with Crippen molar-refractivity contribution in [2.45, 2.75) is 64.0 Å². The lowest BCUT2D eigenvalue weighted by atomic mass is 9.89. The van der Waals surface area contributed by atoms with E-state index in [0.29, 0.717) is 18.5 Å². The maximum atomic E-state index is 13.1. The molecule has 2 aromatic heterocycles. The summed E-state index contributed by atoms with van der Waals surface area (Å²) in [6.45, 7) is 1.73. The number of likely N-dealkylation sites (N-methyl/N-ethyl adjacent to an activating group) is 1. The Labute approximate surface area is 158 Å². The van der Waals surface area contributed by atoms with Gasteiger partial charge in [-0.05, 0) is 50.6 Å². The molecule has 5 nitrogen and oxygen atoms in total. The third kappa shape index (κ3) is 3.47. The predicted octanol–water partition coefficient (Wildman–Crippen LogP) is 2.82. The van der Waals surface area contributed by atoms with Crippen molar-refractivity contribution in [3.63, 3.8) is 0 Å². The molecule has 2 heterocycles. The van der Waals surface area contributed by atoms with Gasteiger partial charge in [-0.3, -0.25) is 9.36 Å². The van der Waals surface area contributed by atoms with Gasteiger partial charge in [-0.2, -0.15) is 0 Å². The van der Waals surface area contributed by atoms with E-state index in [-0.39, 0.29) is 12.2 Å². The second-order valence-corrected chi connectivity index (χ2v) is 9.07. The summed E-state index contributed by atoms with van der Waals surface area (Å²) in [6.07, 6.45) is 11.2. The van der Waals surface area contributed by atoms with Crippen LogP contribution < -0.4 is 5.56 Å². The summed E-state index contributed by atoms with van der Waals surface area (Å²) in [5.74, 6) is 0.631. The van der Waals surface area contributed by atoms with Crippen LogP contribution >= 0.6 is 11.3 Å². The molecule has 1 atom stereocenters. The van der Waals surface area contributed by atoms with Gasteiger partial charge >= 0.3 is 0 Å². The van der Waals surface area contributed by atoms with Crippen LogP contribution in [0.2, 0.25) is 0 Å². The van der Waals surface area contributed by atoms with Gasteiger partial charge in [0.15, 0.2) is 0 Å². The lowest BCUT2D eigenvalue weighted by Crippen LogP contribution is -2.37. The molecule has 1 fully saturated rings.